The molecule has 2 amide bonds. The Bertz CT molecular complexity index is 875. The number of methoxy groups -OCH3 is 1. The molecule has 2 aromatic carbocycles. The molecule has 2 aromatic rings. The summed E-state index contributed by atoms with van der Waals surface area (Å²) < 4.78 is 12.4. The summed E-state index contributed by atoms with van der Waals surface area (Å²) in [4.78, 5) is 14.4. The molecular weight excluding hydrogens is 408 g/mol. The second-order valence-electron chi connectivity index (χ2n) is 6.32. The highest BCUT2D eigenvalue weighted by Gasteiger charge is 2.49. The Morgan fingerprint density at radius 3 is 2.88 bits per heavy atom. The van der Waals surface area contributed by atoms with Crippen molar-refractivity contribution in [3.8, 4) is 11.5 Å². The highest BCUT2D eigenvalue weighted by molar-refractivity contribution is 9.10. The number of benzene rings is 2. The van der Waals surface area contributed by atoms with Gasteiger partial charge in [-0.05, 0) is 43.3 Å². The van der Waals surface area contributed by atoms with E-state index >= 15 is 0 Å². The number of halogens is 2. The maximum Gasteiger partial charge on any atom is 0.325 e. The minimum Gasteiger partial charge on any atom is -0.495 e. The van der Waals surface area contributed by atoms with Crippen molar-refractivity contribution in [1.82, 2.24) is 5.32 Å². The summed E-state index contributed by atoms with van der Waals surface area (Å²) in [6.07, 6.45) is 0.631. The van der Waals surface area contributed by atoms with E-state index in [-0.39, 0.29) is 12.1 Å². The SMILES string of the molecule is COc1ccc(N2C(=O)N[C@@H]3C[C@@]2(C)Oc2ccc(Br)cc23)cc1Cl. The topological polar surface area (TPSA) is 50.8 Å². The summed E-state index contributed by atoms with van der Waals surface area (Å²) >= 11 is 9.72. The van der Waals surface area contributed by atoms with Gasteiger partial charge in [-0.3, -0.25) is 4.90 Å². The molecule has 5 nitrogen and oxygen atoms in total. The van der Waals surface area contributed by atoms with Gasteiger partial charge in [0.25, 0.3) is 0 Å². The van der Waals surface area contributed by atoms with Crippen LogP contribution in [0.2, 0.25) is 5.02 Å². The Kier molecular flexibility index (Phi) is 3.85. The lowest BCUT2D eigenvalue weighted by Crippen LogP contribution is -2.65. The van der Waals surface area contributed by atoms with E-state index in [1.807, 2.05) is 25.1 Å². The monoisotopic (exact) mass is 422 g/mol. The Morgan fingerprint density at radius 2 is 2.16 bits per heavy atom. The van der Waals surface area contributed by atoms with Gasteiger partial charge in [-0.1, -0.05) is 27.5 Å². The minimum absolute atomic E-state index is 0.0938. The number of hydrogen-bond acceptors (Lipinski definition) is 3. The molecule has 7 heteroatoms. The zero-order valence-corrected chi connectivity index (χ0v) is 16.0. The van der Waals surface area contributed by atoms with E-state index in [1.54, 1.807) is 30.2 Å². The van der Waals surface area contributed by atoms with Gasteiger partial charge in [0.1, 0.15) is 11.5 Å². The lowest BCUT2D eigenvalue weighted by molar-refractivity contribution is 0.0378. The van der Waals surface area contributed by atoms with Gasteiger partial charge in [-0.2, -0.15) is 0 Å². The molecule has 1 saturated heterocycles. The molecule has 0 saturated carbocycles. The van der Waals surface area contributed by atoms with Crippen molar-refractivity contribution in [3.05, 3.63) is 51.5 Å². The molecular formula is C18H16BrClN2O3. The Balaban J connectivity index is 1.78. The van der Waals surface area contributed by atoms with Crippen LogP contribution in [0.3, 0.4) is 0 Å². The van der Waals surface area contributed by atoms with Crippen molar-refractivity contribution < 1.29 is 14.3 Å². The average Bonchev–Trinajstić information content (AvgIpc) is 2.55. The molecule has 2 aliphatic rings. The van der Waals surface area contributed by atoms with E-state index < -0.39 is 5.72 Å². The number of nitrogens with zero attached hydrogens (tertiary/aromatic N) is 1. The van der Waals surface area contributed by atoms with Gasteiger partial charge in [0.2, 0.25) is 0 Å². The molecule has 130 valence electrons. The van der Waals surface area contributed by atoms with Crippen LogP contribution in [0.1, 0.15) is 24.9 Å². The Hall–Kier alpha value is -1.92. The fraction of sp³-hybridized carbons (Fsp3) is 0.278. The number of carbonyl (C=O) groups excluding carboxylic acids is 1. The number of urea groups is 1. The zero-order valence-electron chi connectivity index (χ0n) is 13.7. The summed E-state index contributed by atoms with van der Waals surface area (Å²) in [5.74, 6) is 1.33. The second kappa shape index (κ2) is 5.81. The summed E-state index contributed by atoms with van der Waals surface area (Å²) in [6, 6.07) is 10.8. The van der Waals surface area contributed by atoms with Crippen molar-refractivity contribution in [1.29, 1.82) is 0 Å². The number of nitrogens with one attached hydrogen (secondary N) is 1. The van der Waals surface area contributed by atoms with Crippen molar-refractivity contribution in [2.75, 3.05) is 12.0 Å². The second-order valence-corrected chi connectivity index (χ2v) is 7.64. The van der Waals surface area contributed by atoms with Gasteiger partial charge in [-0.25, -0.2) is 4.79 Å². The lowest BCUT2D eigenvalue weighted by atomic mass is 9.90. The molecule has 0 unspecified atom stereocenters. The first kappa shape index (κ1) is 16.5. The van der Waals surface area contributed by atoms with Gasteiger partial charge >= 0.3 is 6.03 Å². The van der Waals surface area contributed by atoms with E-state index in [1.165, 1.54) is 0 Å². The third-order valence-electron chi connectivity index (χ3n) is 4.63. The third-order valence-corrected chi connectivity index (χ3v) is 5.42. The molecule has 0 aliphatic carbocycles. The number of rotatable bonds is 2. The third kappa shape index (κ3) is 2.64. The first-order chi connectivity index (χ1) is 11.9. The normalized spacial score (nSPS) is 24.2. The highest BCUT2D eigenvalue weighted by Crippen LogP contribution is 2.46. The Morgan fingerprint density at radius 1 is 1.36 bits per heavy atom. The van der Waals surface area contributed by atoms with E-state index in [0.717, 1.165) is 15.8 Å². The first-order valence-corrected chi connectivity index (χ1v) is 9.01. The van der Waals surface area contributed by atoms with Crippen LogP contribution in [-0.2, 0) is 0 Å². The standard InChI is InChI=1S/C18H16BrClN2O3/c1-18-9-14(12-7-10(19)3-5-15(12)25-18)21-17(23)22(18)11-4-6-16(24-2)13(20)8-11/h3-8,14H,9H2,1-2H3,(H,21,23)/t14-,18-/m1/s1. The molecule has 1 N–H and O–H groups in total. The van der Waals surface area contributed by atoms with Gasteiger partial charge in [-0.15, -0.1) is 0 Å². The molecule has 0 aromatic heterocycles. The van der Waals surface area contributed by atoms with E-state index in [0.29, 0.717) is 22.9 Å². The fourth-order valence-corrected chi connectivity index (χ4v) is 4.16. The van der Waals surface area contributed by atoms with Crippen molar-refractivity contribution >= 4 is 39.2 Å². The predicted molar refractivity (Wildman–Crippen MR) is 99.5 cm³/mol. The quantitative estimate of drug-likeness (QED) is 0.749. The molecule has 2 heterocycles. The highest BCUT2D eigenvalue weighted by atomic mass is 79.9. The summed E-state index contributed by atoms with van der Waals surface area (Å²) in [7, 11) is 1.56. The largest absolute Gasteiger partial charge is 0.495 e. The molecule has 0 radical (unpaired) electrons. The number of carbonyl (C=O) groups is 1. The van der Waals surface area contributed by atoms with Crippen molar-refractivity contribution in [2.45, 2.75) is 25.1 Å². The minimum atomic E-state index is -0.800. The van der Waals surface area contributed by atoms with Crippen LogP contribution < -0.4 is 19.7 Å². The van der Waals surface area contributed by atoms with E-state index in [2.05, 4.69) is 21.2 Å². The van der Waals surface area contributed by atoms with Crippen molar-refractivity contribution in [2.24, 2.45) is 0 Å². The van der Waals surface area contributed by atoms with E-state index in [4.69, 9.17) is 21.1 Å². The number of amides is 2. The maximum absolute atomic E-state index is 12.8. The van der Waals surface area contributed by atoms with Gasteiger partial charge < -0.3 is 14.8 Å². The van der Waals surface area contributed by atoms with E-state index in [9.17, 15) is 4.79 Å². The van der Waals surface area contributed by atoms with Crippen LogP contribution in [0, 0.1) is 0 Å². The smallest absolute Gasteiger partial charge is 0.325 e. The van der Waals surface area contributed by atoms with Crippen LogP contribution >= 0.6 is 27.5 Å². The van der Waals surface area contributed by atoms with Crippen LogP contribution in [0.4, 0.5) is 10.5 Å². The number of hydrogen-bond donors (Lipinski definition) is 1. The average molecular weight is 424 g/mol. The fourth-order valence-electron chi connectivity index (χ4n) is 3.53. The van der Waals surface area contributed by atoms with Crippen LogP contribution in [-0.4, -0.2) is 18.9 Å². The maximum atomic E-state index is 12.8. The van der Waals surface area contributed by atoms with Crippen LogP contribution in [0.25, 0.3) is 0 Å². The summed E-state index contributed by atoms with van der Waals surface area (Å²) in [5.41, 5.74) is 0.837. The Labute approximate surface area is 159 Å². The number of anilines is 1. The molecule has 2 bridgehead atoms. The van der Waals surface area contributed by atoms with Crippen molar-refractivity contribution in [3.63, 3.8) is 0 Å². The first-order valence-electron chi connectivity index (χ1n) is 7.84. The molecule has 4 rings (SSSR count). The molecule has 0 spiro atoms. The summed E-state index contributed by atoms with van der Waals surface area (Å²) in [5, 5.41) is 3.51. The van der Waals surface area contributed by atoms with Gasteiger partial charge in [0.15, 0.2) is 5.72 Å². The summed E-state index contributed by atoms with van der Waals surface area (Å²) in [6.45, 7) is 1.92. The molecule has 2 atom stereocenters. The molecule has 1 fully saturated rings. The number of fused-ring (bicyclic) bond motifs is 4. The van der Waals surface area contributed by atoms with Gasteiger partial charge in [0.05, 0.1) is 23.9 Å². The zero-order chi connectivity index (χ0) is 17.8. The van der Waals surface area contributed by atoms with Gasteiger partial charge in [0, 0.05) is 16.5 Å². The van der Waals surface area contributed by atoms with Crippen LogP contribution in [0.5, 0.6) is 11.5 Å². The lowest BCUT2D eigenvalue weighted by Gasteiger charge is -2.50. The van der Waals surface area contributed by atoms with Crippen LogP contribution in [0.15, 0.2) is 40.9 Å². The molecule has 2 aliphatic heterocycles. The predicted octanol–water partition coefficient (Wildman–Crippen LogP) is 4.88. The molecule has 25 heavy (non-hydrogen) atoms. The number of ether oxygens (including phenoxy) is 2.